The van der Waals surface area contributed by atoms with Gasteiger partial charge in [-0.2, -0.15) is 11.8 Å². The molecule has 1 fully saturated rings. The van der Waals surface area contributed by atoms with E-state index in [4.69, 9.17) is 0 Å². The van der Waals surface area contributed by atoms with Gasteiger partial charge in [-0.25, -0.2) is 0 Å². The van der Waals surface area contributed by atoms with Crippen molar-refractivity contribution in [2.75, 3.05) is 12.3 Å². The number of thioether (sulfide) groups is 1. The molecule has 0 aromatic heterocycles. The number of hydrogen-bond donors (Lipinski definition) is 1. The van der Waals surface area contributed by atoms with Crippen LogP contribution in [0.3, 0.4) is 0 Å². The second-order valence-corrected chi connectivity index (χ2v) is 5.95. The highest BCUT2D eigenvalue weighted by molar-refractivity contribution is 9.10. The lowest BCUT2D eigenvalue weighted by atomic mass is 10.1. The smallest absolute Gasteiger partial charge is 0.0423 e. The van der Waals surface area contributed by atoms with Crippen LogP contribution in [0.5, 0.6) is 0 Å². The van der Waals surface area contributed by atoms with E-state index < -0.39 is 0 Å². The van der Waals surface area contributed by atoms with Crippen LogP contribution in [0, 0.1) is 0 Å². The molecular formula is C11H14BrNS. The first kappa shape index (κ1) is 10.5. The molecule has 0 saturated carbocycles. The van der Waals surface area contributed by atoms with E-state index in [2.05, 4.69) is 52.4 Å². The predicted molar refractivity (Wildman–Crippen MR) is 66.8 cm³/mol. The summed E-state index contributed by atoms with van der Waals surface area (Å²) in [6.07, 6.45) is 0. The van der Waals surface area contributed by atoms with E-state index in [1.807, 2.05) is 11.8 Å². The van der Waals surface area contributed by atoms with Crippen LogP contribution in [-0.4, -0.2) is 17.5 Å². The average molecular weight is 272 g/mol. The van der Waals surface area contributed by atoms with Gasteiger partial charge in [0, 0.05) is 28.1 Å². The molecule has 2 unspecified atom stereocenters. The topological polar surface area (TPSA) is 12.0 Å². The molecule has 1 aliphatic heterocycles. The van der Waals surface area contributed by atoms with Gasteiger partial charge in [-0.3, -0.25) is 0 Å². The van der Waals surface area contributed by atoms with Crippen molar-refractivity contribution in [1.29, 1.82) is 0 Å². The van der Waals surface area contributed by atoms with Gasteiger partial charge < -0.3 is 5.32 Å². The fraction of sp³-hybridized carbons (Fsp3) is 0.455. The summed E-state index contributed by atoms with van der Waals surface area (Å²) in [4.78, 5) is 0. The Balaban J connectivity index is 2.12. The Morgan fingerprint density at radius 1 is 1.43 bits per heavy atom. The molecule has 76 valence electrons. The lowest BCUT2D eigenvalue weighted by molar-refractivity contribution is 0.562. The van der Waals surface area contributed by atoms with E-state index in [1.54, 1.807) is 0 Å². The normalized spacial score (nSPS) is 27.6. The Morgan fingerprint density at radius 3 is 2.86 bits per heavy atom. The zero-order valence-corrected chi connectivity index (χ0v) is 10.6. The molecule has 1 heterocycles. The molecule has 0 amide bonds. The largest absolute Gasteiger partial charge is 0.308 e. The molecular weight excluding hydrogens is 258 g/mol. The van der Waals surface area contributed by atoms with Gasteiger partial charge in [-0.15, -0.1) is 0 Å². The zero-order chi connectivity index (χ0) is 9.97. The third-order valence-electron chi connectivity index (χ3n) is 2.48. The van der Waals surface area contributed by atoms with Gasteiger partial charge in [-0.1, -0.05) is 41.1 Å². The summed E-state index contributed by atoms with van der Waals surface area (Å²) in [5, 5.41) is 4.32. The molecule has 3 heteroatoms. The number of hydrogen-bond acceptors (Lipinski definition) is 2. The van der Waals surface area contributed by atoms with Crippen LogP contribution in [0.4, 0.5) is 0 Å². The first-order valence-electron chi connectivity index (χ1n) is 4.87. The quantitative estimate of drug-likeness (QED) is 0.842. The maximum atomic E-state index is 3.60. The zero-order valence-electron chi connectivity index (χ0n) is 8.16. The highest BCUT2D eigenvalue weighted by Gasteiger charge is 2.20. The molecule has 0 spiro atoms. The summed E-state index contributed by atoms with van der Waals surface area (Å²) >= 11 is 5.64. The Morgan fingerprint density at radius 2 is 2.21 bits per heavy atom. The highest BCUT2D eigenvalue weighted by Crippen LogP contribution is 2.29. The molecule has 2 rings (SSSR count). The minimum atomic E-state index is 0.506. The lowest BCUT2D eigenvalue weighted by Crippen LogP contribution is -2.34. The average Bonchev–Trinajstić information content (AvgIpc) is 2.20. The van der Waals surface area contributed by atoms with Gasteiger partial charge >= 0.3 is 0 Å². The van der Waals surface area contributed by atoms with Gasteiger partial charge in [0.25, 0.3) is 0 Å². The van der Waals surface area contributed by atoms with Crippen molar-refractivity contribution in [3.8, 4) is 0 Å². The molecule has 14 heavy (non-hydrogen) atoms. The molecule has 1 aromatic carbocycles. The summed E-state index contributed by atoms with van der Waals surface area (Å²) in [6, 6.07) is 8.97. The van der Waals surface area contributed by atoms with Crippen LogP contribution < -0.4 is 5.32 Å². The van der Waals surface area contributed by atoms with Crippen molar-refractivity contribution in [3.63, 3.8) is 0 Å². The Labute approximate surface area is 97.8 Å². The van der Waals surface area contributed by atoms with Gasteiger partial charge in [0.2, 0.25) is 0 Å². The maximum Gasteiger partial charge on any atom is 0.0423 e. The van der Waals surface area contributed by atoms with Crippen molar-refractivity contribution in [2.45, 2.75) is 18.2 Å². The van der Waals surface area contributed by atoms with Gasteiger partial charge in [0.15, 0.2) is 0 Å². The van der Waals surface area contributed by atoms with E-state index in [0.29, 0.717) is 6.04 Å². The summed E-state index contributed by atoms with van der Waals surface area (Å²) in [7, 11) is 0. The van der Waals surface area contributed by atoms with E-state index in [-0.39, 0.29) is 0 Å². The molecule has 2 atom stereocenters. The van der Waals surface area contributed by atoms with Crippen molar-refractivity contribution in [3.05, 3.63) is 34.3 Å². The fourth-order valence-electron chi connectivity index (χ4n) is 1.64. The summed E-state index contributed by atoms with van der Waals surface area (Å²) in [6.45, 7) is 3.38. The van der Waals surface area contributed by atoms with Crippen LogP contribution in [0.2, 0.25) is 0 Å². The van der Waals surface area contributed by atoms with Crippen LogP contribution >= 0.6 is 27.7 Å². The molecule has 0 aliphatic carbocycles. The second kappa shape index (κ2) is 4.69. The molecule has 1 N–H and O–H groups in total. The third kappa shape index (κ3) is 2.33. The summed E-state index contributed by atoms with van der Waals surface area (Å²) in [5.74, 6) is 1.17. The lowest BCUT2D eigenvalue weighted by Gasteiger charge is -2.28. The molecule has 1 aromatic rings. The minimum Gasteiger partial charge on any atom is -0.308 e. The molecule has 0 radical (unpaired) electrons. The SMILES string of the molecule is CC1CNC(c2ccccc2Br)CS1. The van der Waals surface area contributed by atoms with Gasteiger partial charge in [0.1, 0.15) is 0 Å². The predicted octanol–water partition coefficient (Wildman–Crippen LogP) is 3.22. The number of rotatable bonds is 1. The Hall–Kier alpha value is 0.01000. The van der Waals surface area contributed by atoms with Crippen LogP contribution in [0.25, 0.3) is 0 Å². The maximum absolute atomic E-state index is 3.60. The molecule has 1 aliphatic rings. The standard InChI is InChI=1S/C11H14BrNS/c1-8-6-13-11(7-14-8)9-4-2-3-5-10(9)12/h2-5,8,11,13H,6-7H2,1H3. The van der Waals surface area contributed by atoms with Crippen LogP contribution in [0.15, 0.2) is 28.7 Å². The first-order chi connectivity index (χ1) is 6.77. The fourth-order valence-corrected chi connectivity index (χ4v) is 3.24. The molecule has 0 bridgehead atoms. The van der Waals surface area contributed by atoms with Gasteiger partial charge in [0.05, 0.1) is 0 Å². The van der Waals surface area contributed by atoms with Crippen molar-refractivity contribution in [2.24, 2.45) is 0 Å². The van der Waals surface area contributed by atoms with Crippen LogP contribution in [-0.2, 0) is 0 Å². The first-order valence-corrected chi connectivity index (χ1v) is 6.71. The monoisotopic (exact) mass is 271 g/mol. The minimum absolute atomic E-state index is 0.506. The third-order valence-corrected chi connectivity index (χ3v) is 4.46. The number of benzene rings is 1. The Bertz CT molecular complexity index is 308. The van der Waals surface area contributed by atoms with Gasteiger partial charge in [-0.05, 0) is 11.6 Å². The van der Waals surface area contributed by atoms with E-state index >= 15 is 0 Å². The van der Waals surface area contributed by atoms with Crippen molar-refractivity contribution < 1.29 is 0 Å². The highest BCUT2D eigenvalue weighted by atomic mass is 79.9. The Kier molecular flexibility index (Phi) is 3.52. The molecule has 1 saturated heterocycles. The summed E-state index contributed by atoms with van der Waals surface area (Å²) < 4.78 is 1.22. The van der Waals surface area contributed by atoms with Crippen molar-refractivity contribution >= 4 is 27.7 Å². The van der Waals surface area contributed by atoms with E-state index in [9.17, 15) is 0 Å². The van der Waals surface area contributed by atoms with E-state index in [1.165, 1.54) is 15.8 Å². The number of halogens is 1. The van der Waals surface area contributed by atoms with E-state index in [0.717, 1.165) is 11.8 Å². The molecule has 1 nitrogen and oxygen atoms in total. The van der Waals surface area contributed by atoms with Crippen LogP contribution in [0.1, 0.15) is 18.5 Å². The summed E-state index contributed by atoms with van der Waals surface area (Å²) in [5.41, 5.74) is 1.38. The second-order valence-electron chi connectivity index (χ2n) is 3.63. The number of nitrogens with one attached hydrogen (secondary N) is 1. The van der Waals surface area contributed by atoms with Crippen molar-refractivity contribution in [1.82, 2.24) is 5.32 Å².